The lowest BCUT2D eigenvalue weighted by atomic mass is 10.1. The second kappa shape index (κ2) is 3.89. The van der Waals surface area contributed by atoms with Crippen LogP contribution < -0.4 is 0 Å². The van der Waals surface area contributed by atoms with Gasteiger partial charge in [0.05, 0.1) is 5.69 Å². The smallest absolute Gasteiger partial charge is 0.162 e. The van der Waals surface area contributed by atoms with Gasteiger partial charge in [-0.05, 0) is 37.6 Å². The number of hydrogen-bond donors (Lipinski definition) is 0. The summed E-state index contributed by atoms with van der Waals surface area (Å²) in [7, 11) is 0. The Morgan fingerprint density at radius 2 is 2.19 bits per heavy atom. The Hall–Kier alpha value is -1.97. The zero-order valence-corrected chi connectivity index (χ0v) is 9.07. The van der Waals surface area contributed by atoms with Crippen molar-refractivity contribution < 1.29 is 9.18 Å². The van der Waals surface area contributed by atoms with Crippen LogP contribution in [0.25, 0.3) is 5.69 Å². The fourth-order valence-corrected chi connectivity index (χ4v) is 1.55. The van der Waals surface area contributed by atoms with Crippen molar-refractivity contribution in [2.24, 2.45) is 0 Å². The normalized spacial score (nSPS) is 10.4. The summed E-state index contributed by atoms with van der Waals surface area (Å²) >= 11 is 0. The summed E-state index contributed by atoms with van der Waals surface area (Å²) in [4.78, 5) is 11.4. The van der Waals surface area contributed by atoms with Crippen LogP contribution >= 0.6 is 0 Å². The minimum atomic E-state index is -0.374. The number of nitrogens with zero attached hydrogens (tertiary/aromatic N) is 2. The largest absolute Gasteiger partial charge is 0.294 e. The molecular weight excluding hydrogens is 207 g/mol. The van der Waals surface area contributed by atoms with Crippen molar-refractivity contribution in [2.45, 2.75) is 13.8 Å². The number of aryl methyl sites for hydroxylation is 1. The highest BCUT2D eigenvalue weighted by Crippen LogP contribution is 2.19. The molecule has 0 aliphatic rings. The first kappa shape index (κ1) is 10.5. The van der Waals surface area contributed by atoms with Crippen molar-refractivity contribution in [2.75, 3.05) is 0 Å². The summed E-state index contributed by atoms with van der Waals surface area (Å²) in [5.41, 5.74) is 1.44. The van der Waals surface area contributed by atoms with Gasteiger partial charge in [-0.2, -0.15) is 5.10 Å². The predicted octanol–water partition coefficient (Wildman–Crippen LogP) is 2.52. The van der Waals surface area contributed by atoms with E-state index in [0.717, 1.165) is 0 Å². The molecule has 0 unspecified atom stereocenters. The Labute approximate surface area is 92.5 Å². The van der Waals surface area contributed by atoms with E-state index in [1.807, 2.05) is 0 Å². The molecule has 2 aromatic rings. The van der Waals surface area contributed by atoms with Crippen LogP contribution in [0.5, 0.6) is 0 Å². The predicted molar refractivity (Wildman–Crippen MR) is 58.3 cm³/mol. The fraction of sp³-hybridized carbons (Fsp3) is 0.167. The Morgan fingerprint density at radius 3 is 2.75 bits per heavy atom. The van der Waals surface area contributed by atoms with Crippen LogP contribution in [0.2, 0.25) is 0 Å². The molecule has 0 aliphatic carbocycles. The zero-order chi connectivity index (χ0) is 11.7. The van der Waals surface area contributed by atoms with Gasteiger partial charge in [-0.15, -0.1) is 0 Å². The Kier molecular flexibility index (Phi) is 2.56. The van der Waals surface area contributed by atoms with E-state index in [4.69, 9.17) is 0 Å². The molecule has 0 saturated heterocycles. The first-order chi connectivity index (χ1) is 7.59. The van der Waals surface area contributed by atoms with Crippen LogP contribution in [0.15, 0.2) is 30.6 Å². The number of rotatable bonds is 2. The van der Waals surface area contributed by atoms with Gasteiger partial charge in [0, 0.05) is 18.0 Å². The van der Waals surface area contributed by atoms with Crippen LogP contribution in [0.1, 0.15) is 22.8 Å². The number of aromatic nitrogens is 2. The number of halogens is 1. The maximum atomic E-state index is 13.4. The lowest BCUT2D eigenvalue weighted by Gasteiger charge is -2.09. The van der Waals surface area contributed by atoms with Gasteiger partial charge >= 0.3 is 0 Å². The van der Waals surface area contributed by atoms with Gasteiger partial charge in [-0.1, -0.05) is 0 Å². The summed E-state index contributed by atoms with van der Waals surface area (Å²) in [5, 5.41) is 4.04. The van der Waals surface area contributed by atoms with Crippen LogP contribution in [0.4, 0.5) is 4.39 Å². The summed E-state index contributed by atoms with van der Waals surface area (Å²) in [6.07, 6.45) is 3.34. The molecule has 3 nitrogen and oxygen atoms in total. The van der Waals surface area contributed by atoms with E-state index in [2.05, 4.69) is 5.10 Å². The van der Waals surface area contributed by atoms with Gasteiger partial charge in [-0.25, -0.2) is 9.07 Å². The van der Waals surface area contributed by atoms with Gasteiger partial charge in [0.2, 0.25) is 0 Å². The van der Waals surface area contributed by atoms with E-state index in [9.17, 15) is 9.18 Å². The number of Topliss-reactive ketones (excluding diaryl/α,β-unsaturated/α-hetero) is 1. The van der Waals surface area contributed by atoms with Crippen molar-refractivity contribution in [1.29, 1.82) is 0 Å². The molecule has 0 amide bonds. The minimum absolute atomic E-state index is 0.176. The molecule has 1 heterocycles. The zero-order valence-electron chi connectivity index (χ0n) is 9.07. The molecule has 1 aromatic carbocycles. The molecule has 0 N–H and O–H groups in total. The second-order valence-corrected chi connectivity index (χ2v) is 3.63. The first-order valence-corrected chi connectivity index (χ1v) is 4.90. The molecule has 0 radical (unpaired) electrons. The van der Waals surface area contributed by atoms with Gasteiger partial charge < -0.3 is 0 Å². The quantitative estimate of drug-likeness (QED) is 0.726. The average molecular weight is 218 g/mol. The third-order valence-corrected chi connectivity index (χ3v) is 2.41. The molecule has 4 heteroatoms. The molecule has 0 bridgehead atoms. The standard InChI is InChI=1S/C12H11FN2O/c1-8-6-12(15-5-3-4-14-15)10(9(2)16)7-11(8)13/h3-7H,1-2H3. The second-order valence-electron chi connectivity index (χ2n) is 3.63. The number of benzene rings is 1. The molecule has 0 saturated carbocycles. The molecule has 0 aliphatic heterocycles. The molecular formula is C12H11FN2O. The monoisotopic (exact) mass is 218 g/mol. The number of ketones is 1. The molecule has 0 fully saturated rings. The van der Waals surface area contributed by atoms with Crippen molar-refractivity contribution in [3.8, 4) is 5.69 Å². The van der Waals surface area contributed by atoms with Crippen molar-refractivity contribution in [1.82, 2.24) is 9.78 Å². The fourth-order valence-electron chi connectivity index (χ4n) is 1.55. The van der Waals surface area contributed by atoms with E-state index < -0.39 is 0 Å². The highest BCUT2D eigenvalue weighted by atomic mass is 19.1. The van der Waals surface area contributed by atoms with E-state index in [1.54, 1.807) is 36.1 Å². The van der Waals surface area contributed by atoms with E-state index in [1.165, 1.54) is 13.0 Å². The van der Waals surface area contributed by atoms with Crippen molar-refractivity contribution >= 4 is 5.78 Å². The average Bonchev–Trinajstić information content (AvgIpc) is 2.74. The molecule has 16 heavy (non-hydrogen) atoms. The van der Waals surface area contributed by atoms with Crippen molar-refractivity contribution in [3.05, 3.63) is 47.5 Å². The lowest BCUT2D eigenvalue weighted by Crippen LogP contribution is -2.05. The third kappa shape index (κ3) is 1.74. The molecule has 2 rings (SSSR count). The SMILES string of the molecule is CC(=O)c1cc(F)c(C)cc1-n1cccn1. The molecule has 82 valence electrons. The molecule has 0 atom stereocenters. The summed E-state index contributed by atoms with van der Waals surface area (Å²) in [6, 6.07) is 4.64. The van der Waals surface area contributed by atoms with E-state index >= 15 is 0 Å². The Balaban J connectivity index is 2.68. The maximum absolute atomic E-state index is 13.4. The van der Waals surface area contributed by atoms with Crippen LogP contribution in [-0.2, 0) is 0 Å². The van der Waals surface area contributed by atoms with Gasteiger partial charge in [0.15, 0.2) is 5.78 Å². The van der Waals surface area contributed by atoms with Crippen molar-refractivity contribution in [3.63, 3.8) is 0 Å². The van der Waals surface area contributed by atoms with Crippen LogP contribution in [0, 0.1) is 12.7 Å². The summed E-state index contributed by atoms with van der Waals surface area (Å²) < 4.78 is 14.9. The van der Waals surface area contributed by atoms with Gasteiger partial charge in [-0.3, -0.25) is 4.79 Å². The minimum Gasteiger partial charge on any atom is -0.294 e. The van der Waals surface area contributed by atoms with E-state index in [0.29, 0.717) is 16.8 Å². The lowest BCUT2D eigenvalue weighted by molar-refractivity contribution is 0.101. The topological polar surface area (TPSA) is 34.9 Å². The summed E-state index contributed by atoms with van der Waals surface area (Å²) in [5.74, 6) is -0.550. The first-order valence-electron chi connectivity index (χ1n) is 4.90. The van der Waals surface area contributed by atoms with E-state index in [-0.39, 0.29) is 11.6 Å². The molecule has 1 aromatic heterocycles. The van der Waals surface area contributed by atoms with Crippen LogP contribution in [-0.4, -0.2) is 15.6 Å². The summed E-state index contributed by atoms with van der Waals surface area (Å²) in [6.45, 7) is 3.07. The maximum Gasteiger partial charge on any atom is 0.162 e. The van der Waals surface area contributed by atoms with Gasteiger partial charge in [0.25, 0.3) is 0 Å². The number of carbonyl (C=O) groups is 1. The highest BCUT2D eigenvalue weighted by Gasteiger charge is 2.12. The Morgan fingerprint density at radius 1 is 1.44 bits per heavy atom. The highest BCUT2D eigenvalue weighted by molar-refractivity contribution is 5.97. The third-order valence-electron chi connectivity index (χ3n) is 2.41. The van der Waals surface area contributed by atoms with Gasteiger partial charge in [0.1, 0.15) is 5.82 Å². The van der Waals surface area contributed by atoms with Crippen LogP contribution in [0.3, 0.4) is 0 Å². The Bertz CT molecular complexity index is 532. The number of hydrogen-bond acceptors (Lipinski definition) is 2. The number of carbonyl (C=O) groups excluding carboxylic acids is 1. The molecule has 0 spiro atoms.